The maximum absolute atomic E-state index is 11.6. The molecule has 1 N–H and O–H groups in total. The van der Waals surface area contributed by atoms with Crippen LogP contribution in [0.5, 0.6) is 5.75 Å². The van der Waals surface area contributed by atoms with Gasteiger partial charge in [0, 0.05) is 10.4 Å². The van der Waals surface area contributed by atoms with E-state index in [1.54, 1.807) is 45.0 Å². The number of benzene rings is 1. The highest BCUT2D eigenvalue weighted by atomic mass is 35.5. The quantitative estimate of drug-likeness (QED) is 0.829. The lowest BCUT2D eigenvalue weighted by atomic mass is 9.90. The van der Waals surface area contributed by atoms with Crippen LogP contribution in [0.15, 0.2) is 24.3 Å². The van der Waals surface area contributed by atoms with Gasteiger partial charge in [0.15, 0.2) is 0 Å². The van der Waals surface area contributed by atoms with Gasteiger partial charge in [0.1, 0.15) is 5.75 Å². The second-order valence-electron chi connectivity index (χ2n) is 4.54. The van der Waals surface area contributed by atoms with Crippen molar-refractivity contribution < 1.29 is 14.6 Å². The minimum Gasteiger partial charge on any atom is -0.458 e. The molecule has 0 saturated carbocycles. The number of carbonyl (C=O) groups is 1. The average Bonchev–Trinajstić information content (AvgIpc) is 2.19. The van der Waals surface area contributed by atoms with Crippen LogP contribution in [0.25, 0.3) is 0 Å². The summed E-state index contributed by atoms with van der Waals surface area (Å²) in [6.45, 7) is 5.18. The van der Waals surface area contributed by atoms with E-state index in [1.165, 1.54) is 0 Å². The van der Waals surface area contributed by atoms with E-state index >= 15 is 0 Å². The first-order valence-corrected chi connectivity index (χ1v) is 5.33. The van der Waals surface area contributed by atoms with Crippen LogP contribution in [0, 0.1) is 5.41 Å². The SMILES string of the molecule is CC(C)(C)C(=O)C(O)Oc1ccc(Cl)cc1. The maximum atomic E-state index is 11.6. The molecule has 0 aliphatic carbocycles. The second kappa shape index (κ2) is 4.85. The molecule has 4 heteroatoms. The first kappa shape index (κ1) is 13.0. The van der Waals surface area contributed by atoms with Crippen molar-refractivity contribution >= 4 is 17.4 Å². The average molecular weight is 243 g/mol. The molecule has 3 nitrogen and oxygen atoms in total. The molecule has 0 saturated heterocycles. The molecule has 0 fully saturated rings. The van der Waals surface area contributed by atoms with E-state index in [-0.39, 0.29) is 5.78 Å². The van der Waals surface area contributed by atoms with E-state index in [0.717, 1.165) is 0 Å². The van der Waals surface area contributed by atoms with Gasteiger partial charge < -0.3 is 9.84 Å². The number of carbonyl (C=O) groups excluding carboxylic acids is 1. The predicted molar refractivity (Wildman–Crippen MR) is 62.5 cm³/mol. The van der Waals surface area contributed by atoms with Crippen LogP contribution in [-0.2, 0) is 4.79 Å². The molecule has 88 valence electrons. The number of aliphatic hydroxyl groups is 1. The van der Waals surface area contributed by atoms with E-state index in [4.69, 9.17) is 16.3 Å². The lowest BCUT2D eigenvalue weighted by molar-refractivity contribution is -0.149. The molecule has 1 atom stereocenters. The molecule has 0 bridgehead atoms. The highest BCUT2D eigenvalue weighted by Crippen LogP contribution is 2.21. The fourth-order valence-corrected chi connectivity index (χ4v) is 1.19. The molecule has 0 amide bonds. The fourth-order valence-electron chi connectivity index (χ4n) is 1.07. The van der Waals surface area contributed by atoms with E-state index in [2.05, 4.69) is 0 Å². The Bertz CT molecular complexity index is 365. The largest absolute Gasteiger partial charge is 0.458 e. The zero-order chi connectivity index (χ0) is 12.3. The monoisotopic (exact) mass is 242 g/mol. The Morgan fingerprint density at radius 2 is 1.81 bits per heavy atom. The van der Waals surface area contributed by atoms with Gasteiger partial charge in [-0.1, -0.05) is 32.4 Å². The molecule has 0 aliphatic heterocycles. The lowest BCUT2D eigenvalue weighted by Crippen LogP contribution is -2.36. The van der Waals surface area contributed by atoms with Crippen molar-refractivity contribution in [3.05, 3.63) is 29.3 Å². The van der Waals surface area contributed by atoms with Crippen LogP contribution in [0.2, 0.25) is 5.02 Å². The number of ketones is 1. The Kier molecular flexibility index (Phi) is 3.94. The Balaban J connectivity index is 2.68. The van der Waals surface area contributed by atoms with Gasteiger partial charge in [-0.3, -0.25) is 4.79 Å². The van der Waals surface area contributed by atoms with Crippen LogP contribution in [0.1, 0.15) is 20.8 Å². The molecular weight excluding hydrogens is 228 g/mol. The molecule has 0 aliphatic rings. The molecule has 0 radical (unpaired) electrons. The van der Waals surface area contributed by atoms with Crippen LogP contribution >= 0.6 is 11.6 Å². The highest BCUT2D eigenvalue weighted by molar-refractivity contribution is 6.30. The van der Waals surface area contributed by atoms with Gasteiger partial charge in [-0.15, -0.1) is 0 Å². The van der Waals surface area contributed by atoms with E-state index < -0.39 is 11.7 Å². The van der Waals surface area contributed by atoms with Gasteiger partial charge in [0.2, 0.25) is 5.78 Å². The third-order valence-corrected chi connectivity index (χ3v) is 2.28. The molecule has 0 aromatic heterocycles. The first-order chi connectivity index (χ1) is 7.30. The van der Waals surface area contributed by atoms with Crippen LogP contribution in [0.3, 0.4) is 0 Å². The molecule has 16 heavy (non-hydrogen) atoms. The minimum absolute atomic E-state index is 0.359. The Hall–Kier alpha value is -1.06. The first-order valence-electron chi connectivity index (χ1n) is 4.95. The highest BCUT2D eigenvalue weighted by Gasteiger charge is 2.29. The van der Waals surface area contributed by atoms with Crippen molar-refractivity contribution in [3.63, 3.8) is 0 Å². The van der Waals surface area contributed by atoms with Crippen LogP contribution in [-0.4, -0.2) is 17.2 Å². The fraction of sp³-hybridized carbons (Fsp3) is 0.417. The molecule has 1 unspecified atom stereocenters. The summed E-state index contributed by atoms with van der Waals surface area (Å²) in [5.74, 6) is 0.0527. The Labute approximate surface area is 100.0 Å². The summed E-state index contributed by atoms with van der Waals surface area (Å²) in [6, 6.07) is 6.46. The molecule has 1 rings (SSSR count). The maximum Gasteiger partial charge on any atom is 0.258 e. The van der Waals surface area contributed by atoms with Crippen molar-refractivity contribution in [1.82, 2.24) is 0 Å². The summed E-state index contributed by atoms with van der Waals surface area (Å²) in [6.07, 6.45) is -1.44. The van der Waals surface area contributed by atoms with Crippen molar-refractivity contribution in [3.8, 4) is 5.75 Å². The summed E-state index contributed by atoms with van der Waals surface area (Å²) < 4.78 is 5.10. The van der Waals surface area contributed by atoms with Gasteiger partial charge >= 0.3 is 0 Å². The van der Waals surface area contributed by atoms with E-state index in [9.17, 15) is 9.90 Å². The lowest BCUT2D eigenvalue weighted by Gasteiger charge is -2.21. The molecule has 0 spiro atoms. The van der Waals surface area contributed by atoms with Crippen molar-refractivity contribution in [1.29, 1.82) is 0 Å². The van der Waals surface area contributed by atoms with Crippen LogP contribution in [0.4, 0.5) is 0 Å². The van der Waals surface area contributed by atoms with Gasteiger partial charge in [-0.2, -0.15) is 0 Å². The van der Waals surface area contributed by atoms with Crippen molar-refractivity contribution in [2.75, 3.05) is 0 Å². The van der Waals surface area contributed by atoms with Crippen LogP contribution < -0.4 is 4.74 Å². The zero-order valence-electron chi connectivity index (χ0n) is 9.53. The Morgan fingerprint density at radius 3 is 2.25 bits per heavy atom. The molecule has 1 aromatic carbocycles. The standard InChI is InChI=1S/C12H15ClO3/c1-12(2,3)10(14)11(15)16-9-6-4-8(13)5-7-9/h4-7,11,15H,1-3H3. The molecular formula is C12H15ClO3. The Morgan fingerprint density at radius 1 is 1.31 bits per heavy atom. The van der Waals surface area contributed by atoms with Gasteiger partial charge in [0.25, 0.3) is 6.29 Å². The van der Waals surface area contributed by atoms with Crippen molar-refractivity contribution in [2.45, 2.75) is 27.1 Å². The summed E-state index contributed by atoms with van der Waals surface area (Å²) in [7, 11) is 0. The minimum atomic E-state index is -1.44. The third kappa shape index (κ3) is 3.51. The predicted octanol–water partition coefficient (Wildman–Crippen LogP) is 2.65. The number of hydrogen-bond donors (Lipinski definition) is 1. The summed E-state index contributed by atoms with van der Waals surface area (Å²) in [5.41, 5.74) is -0.633. The van der Waals surface area contributed by atoms with E-state index in [0.29, 0.717) is 10.8 Å². The summed E-state index contributed by atoms with van der Waals surface area (Å²) >= 11 is 5.70. The number of ether oxygens (including phenoxy) is 1. The number of aliphatic hydroxyl groups excluding tert-OH is 1. The van der Waals surface area contributed by atoms with Gasteiger partial charge in [0.05, 0.1) is 0 Å². The van der Waals surface area contributed by atoms with Gasteiger partial charge in [-0.05, 0) is 24.3 Å². The normalized spacial score (nSPS) is 13.3. The van der Waals surface area contributed by atoms with Crippen molar-refractivity contribution in [2.24, 2.45) is 5.41 Å². The molecule has 0 heterocycles. The summed E-state index contributed by atoms with van der Waals surface area (Å²) in [4.78, 5) is 11.6. The summed E-state index contributed by atoms with van der Waals surface area (Å²) in [5, 5.41) is 10.1. The smallest absolute Gasteiger partial charge is 0.258 e. The molecule has 1 aromatic rings. The topological polar surface area (TPSA) is 46.5 Å². The number of Topliss-reactive ketones (excluding diaryl/α,β-unsaturated/α-hetero) is 1. The number of hydrogen-bond acceptors (Lipinski definition) is 3. The third-order valence-electron chi connectivity index (χ3n) is 2.02. The number of rotatable bonds is 3. The van der Waals surface area contributed by atoms with E-state index in [1.807, 2.05) is 0 Å². The van der Waals surface area contributed by atoms with Gasteiger partial charge in [-0.25, -0.2) is 0 Å². The number of halogens is 1. The zero-order valence-corrected chi connectivity index (χ0v) is 10.3. The second-order valence-corrected chi connectivity index (χ2v) is 4.97.